The summed E-state index contributed by atoms with van der Waals surface area (Å²) < 4.78 is 6.14. The van der Waals surface area contributed by atoms with Gasteiger partial charge in [0.15, 0.2) is 11.5 Å². The number of unbranched alkanes of at least 4 members (excludes halogenated alkanes) is 2. The van der Waals surface area contributed by atoms with E-state index >= 15 is 4.79 Å². The van der Waals surface area contributed by atoms with Crippen LogP contribution in [0.2, 0.25) is 5.02 Å². The Morgan fingerprint density at radius 3 is 2.43 bits per heavy atom. The van der Waals surface area contributed by atoms with E-state index in [2.05, 4.69) is 15.9 Å². The summed E-state index contributed by atoms with van der Waals surface area (Å²) in [6.07, 6.45) is 3.79. The number of methoxy groups -OCH3 is 1. The molecule has 2 aliphatic heterocycles. The molecule has 0 aromatic heterocycles. The van der Waals surface area contributed by atoms with Crippen LogP contribution in [-0.4, -0.2) is 58.4 Å². The first-order valence-corrected chi connectivity index (χ1v) is 18.2. The molecule has 2 heterocycles. The molecule has 0 bridgehead atoms. The molecule has 10 nitrogen and oxygen atoms in total. The second-order valence-electron chi connectivity index (χ2n) is 13.7. The Morgan fingerprint density at radius 2 is 1.73 bits per heavy atom. The van der Waals surface area contributed by atoms with Gasteiger partial charge >= 0.3 is 5.97 Å². The molecule has 0 radical (unpaired) electrons. The van der Waals surface area contributed by atoms with E-state index in [1.54, 1.807) is 36.4 Å². The third-order valence-electron chi connectivity index (χ3n) is 11.1. The van der Waals surface area contributed by atoms with Crippen LogP contribution in [0.25, 0.3) is 0 Å². The average molecular weight is 776 g/mol. The number of aromatic hydroxyl groups is 1. The first-order valence-electron chi connectivity index (χ1n) is 17.0. The molecule has 4 aliphatic rings. The third kappa shape index (κ3) is 5.56. The highest BCUT2D eigenvalue weighted by molar-refractivity contribution is 9.10. The maximum absolute atomic E-state index is 15.3. The second kappa shape index (κ2) is 13.6. The molecule has 2 aliphatic carbocycles. The molecule has 6 atom stereocenters. The van der Waals surface area contributed by atoms with Crippen LogP contribution in [0.4, 0.5) is 5.69 Å². The largest absolute Gasteiger partial charge is 0.504 e. The Kier molecular flexibility index (Phi) is 9.30. The zero-order chi connectivity index (χ0) is 36.2. The number of carbonyl (C=O) groups excluding carboxylic acids is 4. The molecular weight excluding hydrogens is 740 g/mol. The number of phenolic OH excluding ortho intramolecular Hbond substituents is 1. The van der Waals surface area contributed by atoms with E-state index in [0.29, 0.717) is 51.1 Å². The number of imide groups is 2. The lowest BCUT2D eigenvalue weighted by molar-refractivity contribution is -0.141. The number of nitrogens with zero attached hydrogens (tertiary/aromatic N) is 2. The number of ether oxygens (including phenoxy) is 1. The average Bonchev–Trinajstić information content (AvgIpc) is 3.49. The topological polar surface area (TPSA) is 142 Å². The van der Waals surface area contributed by atoms with E-state index in [0.717, 1.165) is 0 Å². The number of hydrogen-bond donors (Lipinski definition) is 2. The number of phenols is 1. The number of allylic oxidation sites excluding steroid dienone is 2. The van der Waals surface area contributed by atoms with Gasteiger partial charge in [-0.05, 0) is 67.5 Å². The summed E-state index contributed by atoms with van der Waals surface area (Å²) in [5.74, 6) is -6.37. The number of carbonyl (C=O) groups is 5. The first kappa shape index (κ1) is 34.9. The summed E-state index contributed by atoms with van der Waals surface area (Å²) in [4.78, 5) is 71.8. The minimum Gasteiger partial charge on any atom is -0.504 e. The summed E-state index contributed by atoms with van der Waals surface area (Å²) in [6, 6.07) is 19.0. The molecule has 7 rings (SSSR count). The lowest BCUT2D eigenvalue weighted by Crippen LogP contribution is -2.53. The van der Waals surface area contributed by atoms with Gasteiger partial charge in [0.25, 0.3) is 0 Å². The van der Waals surface area contributed by atoms with Crippen LogP contribution >= 0.6 is 27.5 Å². The summed E-state index contributed by atoms with van der Waals surface area (Å²) >= 11 is 9.94. The Labute approximate surface area is 308 Å². The van der Waals surface area contributed by atoms with Crippen molar-refractivity contribution in [3.63, 3.8) is 0 Å². The number of halogens is 2. The number of anilines is 1. The van der Waals surface area contributed by atoms with Crippen molar-refractivity contribution in [3.8, 4) is 11.5 Å². The van der Waals surface area contributed by atoms with Crippen molar-refractivity contribution in [1.82, 2.24) is 4.90 Å². The lowest BCUT2D eigenvalue weighted by atomic mass is 9.49. The zero-order valence-electron chi connectivity index (χ0n) is 27.8. The van der Waals surface area contributed by atoms with Crippen molar-refractivity contribution >= 4 is 62.8 Å². The van der Waals surface area contributed by atoms with Crippen LogP contribution in [0.3, 0.4) is 0 Å². The molecular formula is C39H36BrClN2O8. The van der Waals surface area contributed by atoms with Crippen molar-refractivity contribution in [2.24, 2.45) is 23.7 Å². The summed E-state index contributed by atoms with van der Waals surface area (Å²) in [6.45, 7) is 0.177. The molecule has 1 saturated carbocycles. The van der Waals surface area contributed by atoms with Crippen molar-refractivity contribution in [2.45, 2.75) is 49.9 Å². The van der Waals surface area contributed by atoms with Crippen LogP contribution in [0.5, 0.6) is 11.5 Å². The number of carboxylic acid groups (broad SMARTS) is 1. The number of benzene rings is 3. The smallest absolute Gasteiger partial charge is 0.303 e. The second-order valence-corrected chi connectivity index (χ2v) is 15.0. The van der Waals surface area contributed by atoms with Crippen LogP contribution in [0.15, 0.2) is 82.9 Å². The normalized spacial score (nSPS) is 26.9. The number of amides is 4. The van der Waals surface area contributed by atoms with Gasteiger partial charge in [-0.3, -0.25) is 28.9 Å². The third-order valence-corrected chi connectivity index (χ3v) is 11.8. The predicted molar refractivity (Wildman–Crippen MR) is 191 cm³/mol. The number of aliphatic carboxylic acids is 1. The van der Waals surface area contributed by atoms with Crippen LogP contribution < -0.4 is 9.64 Å². The number of hydrogen-bond acceptors (Lipinski definition) is 7. The van der Waals surface area contributed by atoms with E-state index in [-0.39, 0.29) is 49.1 Å². The molecule has 2 saturated heterocycles. The number of fused-ring (bicyclic) bond motifs is 4. The lowest BCUT2D eigenvalue weighted by Gasteiger charge is -2.50. The molecule has 3 aromatic carbocycles. The van der Waals surface area contributed by atoms with E-state index in [9.17, 15) is 24.3 Å². The zero-order valence-corrected chi connectivity index (χ0v) is 30.1. The van der Waals surface area contributed by atoms with Crippen LogP contribution in [-0.2, 0) is 29.4 Å². The van der Waals surface area contributed by atoms with Gasteiger partial charge in [-0.15, -0.1) is 0 Å². The summed E-state index contributed by atoms with van der Waals surface area (Å²) in [5.41, 5.74) is 0.415. The molecule has 3 fully saturated rings. The van der Waals surface area contributed by atoms with Crippen molar-refractivity contribution in [1.29, 1.82) is 0 Å². The Balaban J connectivity index is 1.40. The fraction of sp³-hybridized carbons (Fsp3) is 0.359. The fourth-order valence-electron chi connectivity index (χ4n) is 9.07. The predicted octanol–water partition coefficient (Wildman–Crippen LogP) is 6.62. The first-order chi connectivity index (χ1) is 24.5. The van der Waals surface area contributed by atoms with E-state index in [4.69, 9.17) is 21.4 Å². The van der Waals surface area contributed by atoms with Crippen LogP contribution in [0, 0.1) is 23.7 Å². The van der Waals surface area contributed by atoms with Gasteiger partial charge in [0.05, 0.1) is 36.0 Å². The maximum Gasteiger partial charge on any atom is 0.303 e. The molecule has 4 amide bonds. The Morgan fingerprint density at radius 1 is 0.961 bits per heavy atom. The number of rotatable bonds is 10. The van der Waals surface area contributed by atoms with Crippen molar-refractivity contribution < 1.29 is 38.9 Å². The Bertz CT molecular complexity index is 1980. The van der Waals surface area contributed by atoms with Crippen molar-refractivity contribution in [3.05, 3.63) is 99.0 Å². The van der Waals surface area contributed by atoms with E-state index in [1.807, 2.05) is 36.4 Å². The van der Waals surface area contributed by atoms with Gasteiger partial charge in [-0.2, -0.15) is 0 Å². The molecule has 12 heteroatoms. The standard InChI is InChI=1S/C39H36BrClN2O8/c1-51-30-18-22(40)17-28(34(30)46)33-25-14-15-26-32(37(49)42(35(26)47)16-7-3-6-13-31(44)45)27(25)20-29-36(48)43(24-12-8-11-23(41)19-24)38(50)39(29,33)21-9-4-2-5-10-21/h2,4-5,8-12,14,17-19,26-27,29,32-33,46H,3,6-7,13,15-16,20H2,1H3,(H,44,45). The summed E-state index contributed by atoms with van der Waals surface area (Å²) in [7, 11) is 1.43. The van der Waals surface area contributed by atoms with Crippen LogP contribution in [0.1, 0.15) is 55.6 Å². The molecule has 264 valence electrons. The van der Waals surface area contributed by atoms with Gasteiger partial charge in [0.2, 0.25) is 23.6 Å². The minimum atomic E-state index is -1.55. The molecule has 3 aromatic rings. The fourth-order valence-corrected chi connectivity index (χ4v) is 9.71. The van der Waals surface area contributed by atoms with Gasteiger partial charge in [-0.25, -0.2) is 4.90 Å². The monoisotopic (exact) mass is 774 g/mol. The van der Waals surface area contributed by atoms with E-state index < -0.39 is 52.8 Å². The molecule has 6 unspecified atom stereocenters. The highest BCUT2D eigenvalue weighted by Crippen LogP contribution is 2.65. The highest BCUT2D eigenvalue weighted by atomic mass is 79.9. The van der Waals surface area contributed by atoms with Gasteiger partial charge in [0, 0.05) is 33.9 Å². The van der Waals surface area contributed by atoms with Crippen molar-refractivity contribution in [2.75, 3.05) is 18.6 Å². The van der Waals surface area contributed by atoms with Gasteiger partial charge in [-0.1, -0.05) is 82.0 Å². The summed E-state index contributed by atoms with van der Waals surface area (Å²) in [5, 5.41) is 21.2. The Hall–Kier alpha value is -4.48. The molecule has 0 spiro atoms. The van der Waals surface area contributed by atoms with Gasteiger partial charge < -0.3 is 14.9 Å². The maximum atomic E-state index is 15.3. The minimum absolute atomic E-state index is 0.0145. The van der Waals surface area contributed by atoms with E-state index in [1.165, 1.54) is 16.9 Å². The molecule has 51 heavy (non-hydrogen) atoms. The van der Waals surface area contributed by atoms with Gasteiger partial charge in [0.1, 0.15) is 0 Å². The number of likely N-dealkylation sites (tertiary alicyclic amines) is 1. The molecule has 2 N–H and O–H groups in total. The number of carboxylic acids is 1. The highest BCUT2D eigenvalue weighted by Gasteiger charge is 2.70. The quantitative estimate of drug-likeness (QED) is 0.133. The SMILES string of the molecule is COc1cc(Br)cc(C2C3=CCC4C(=O)N(CCCCCC(=O)O)C(=O)C4C3CC3C(=O)N(c4cccc(Cl)c4)C(=O)C32c2ccccc2)c1O.